The molecule has 4 nitrogen and oxygen atoms in total. The fourth-order valence-corrected chi connectivity index (χ4v) is 4.42. The Hall–Kier alpha value is -0.870. The van der Waals surface area contributed by atoms with E-state index in [1.807, 2.05) is 6.07 Å². The van der Waals surface area contributed by atoms with Gasteiger partial charge in [0.25, 0.3) is 10.0 Å². The molecule has 1 aromatic rings. The first kappa shape index (κ1) is 16.2. The molecule has 0 amide bonds. The highest BCUT2D eigenvalue weighted by atomic mass is 32.2. The molecule has 0 atom stereocenters. The van der Waals surface area contributed by atoms with Crippen molar-refractivity contribution in [2.24, 2.45) is 0 Å². The van der Waals surface area contributed by atoms with Gasteiger partial charge in [0.2, 0.25) is 0 Å². The van der Waals surface area contributed by atoms with E-state index >= 15 is 0 Å². The Morgan fingerprint density at radius 2 is 2.16 bits per heavy atom. The maximum Gasteiger partial charge on any atom is 0.253 e. The van der Waals surface area contributed by atoms with E-state index < -0.39 is 10.0 Å². The van der Waals surface area contributed by atoms with Crippen LogP contribution in [0.5, 0.6) is 0 Å². The molecule has 1 aromatic heterocycles. The number of sulfonamides is 1. The highest BCUT2D eigenvalue weighted by molar-refractivity contribution is 7.91. The van der Waals surface area contributed by atoms with E-state index in [-0.39, 0.29) is 6.54 Å². The topological polar surface area (TPSA) is 49.4 Å². The number of terminal acetylenes is 1. The van der Waals surface area contributed by atoms with E-state index in [4.69, 9.17) is 6.42 Å². The summed E-state index contributed by atoms with van der Waals surface area (Å²) in [6, 6.07) is 3.51. The average molecular weight is 300 g/mol. The van der Waals surface area contributed by atoms with Crippen LogP contribution in [0.25, 0.3) is 0 Å². The third kappa shape index (κ3) is 4.32. The predicted octanol–water partition coefficient (Wildman–Crippen LogP) is 1.89. The van der Waals surface area contributed by atoms with Crippen molar-refractivity contribution in [1.29, 1.82) is 0 Å². The Balaban J connectivity index is 2.82. The second-order valence-corrected chi connectivity index (χ2v) is 7.37. The minimum atomic E-state index is -3.44. The fourth-order valence-electron chi connectivity index (χ4n) is 1.58. The van der Waals surface area contributed by atoms with Gasteiger partial charge in [-0.3, -0.25) is 0 Å². The number of rotatable bonds is 8. The van der Waals surface area contributed by atoms with Gasteiger partial charge in [-0.25, -0.2) is 8.42 Å². The van der Waals surface area contributed by atoms with Crippen LogP contribution in [0.4, 0.5) is 0 Å². The first-order valence-corrected chi connectivity index (χ1v) is 8.55. The zero-order valence-electron chi connectivity index (χ0n) is 11.3. The number of thiophene rings is 1. The monoisotopic (exact) mass is 300 g/mol. The van der Waals surface area contributed by atoms with E-state index in [0.29, 0.717) is 17.3 Å². The standard InChI is InChI=1S/C13H20N2O2S2/c1-4-9-14-11-12-7-8-13(18-12)19(16,17)15(6-3)10-5-2/h2,7-8,14H,4,6,9-11H2,1,3H3. The molecule has 0 aliphatic heterocycles. The third-order valence-electron chi connectivity index (χ3n) is 2.58. The second-order valence-electron chi connectivity index (χ2n) is 4.03. The molecule has 0 aliphatic rings. The van der Waals surface area contributed by atoms with Crippen LogP contribution in [0.15, 0.2) is 16.3 Å². The van der Waals surface area contributed by atoms with E-state index in [0.717, 1.165) is 17.8 Å². The molecule has 0 saturated carbocycles. The molecular weight excluding hydrogens is 280 g/mol. The number of nitrogens with zero attached hydrogens (tertiary/aromatic N) is 1. The van der Waals surface area contributed by atoms with E-state index in [9.17, 15) is 8.42 Å². The van der Waals surface area contributed by atoms with E-state index in [1.54, 1.807) is 13.0 Å². The largest absolute Gasteiger partial charge is 0.312 e. The maximum atomic E-state index is 12.3. The highest BCUT2D eigenvalue weighted by Gasteiger charge is 2.23. The van der Waals surface area contributed by atoms with Crippen molar-refractivity contribution in [3.05, 3.63) is 17.0 Å². The van der Waals surface area contributed by atoms with Crippen LogP contribution in [0, 0.1) is 12.3 Å². The zero-order valence-corrected chi connectivity index (χ0v) is 13.0. The normalized spacial score (nSPS) is 11.7. The van der Waals surface area contributed by atoms with Gasteiger partial charge in [0, 0.05) is 18.0 Å². The molecule has 0 unspecified atom stereocenters. The number of hydrogen-bond acceptors (Lipinski definition) is 4. The zero-order chi connectivity index (χ0) is 14.3. The maximum absolute atomic E-state index is 12.3. The van der Waals surface area contributed by atoms with E-state index in [2.05, 4.69) is 18.2 Å². The van der Waals surface area contributed by atoms with Gasteiger partial charge in [-0.1, -0.05) is 19.8 Å². The minimum absolute atomic E-state index is 0.111. The first-order chi connectivity index (χ1) is 9.06. The molecule has 0 saturated heterocycles. The molecule has 0 radical (unpaired) electrons. The molecule has 0 aromatic carbocycles. The summed E-state index contributed by atoms with van der Waals surface area (Å²) in [5.74, 6) is 2.38. The summed E-state index contributed by atoms with van der Waals surface area (Å²) in [5, 5.41) is 3.25. The van der Waals surface area contributed by atoms with Gasteiger partial charge in [-0.15, -0.1) is 17.8 Å². The SMILES string of the molecule is C#CCN(CC)S(=O)(=O)c1ccc(CNCCC)s1. The van der Waals surface area contributed by atoms with Crippen LogP contribution in [0.2, 0.25) is 0 Å². The van der Waals surface area contributed by atoms with Crippen molar-refractivity contribution < 1.29 is 8.42 Å². The Kier molecular flexibility index (Phi) is 6.52. The lowest BCUT2D eigenvalue weighted by Gasteiger charge is -2.16. The fraction of sp³-hybridized carbons (Fsp3) is 0.538. The van der Waals surface area contributed by atoms with Gasteiger partial charge in [0.15, 0.2) is 0 Å². The molecular formula is C13H20N2O2S2. The summed E-state index contributed by atoms with van der Waals surface area (Å²) < 4.78 is 26.3. The molecule has 19 heavy (non-hydrogen) atoms. The Bertz CT molecular complexity index is 529. The third-order valence-corrected chi connectivity index (χ3v) is 6.05. The molecule has 1 N–H and O–H groups in total. The second kappa shape index (κ2) is 7.65. The molecule has 0 fully saturated rings. The van der Waals surface area contributed by atoms with Crippen LogP contribution in [0.1, 0.15) is 25.1 Å². The van der Waals surface area contributed by atoms with E-state index in [1.165, 1.54) is 15.6 Å². The average Bonchev–Trinajstić information content (AvgIpc) is 2.85. The van der Waals surface area contributed by atoms with Gasteiger partial charge in [-0.05, 0) is 25.1 Å². The van der Waals surface area contributed by atoms with Crippen molar-refractivity contribution in [1.82, 2.24) is 9.62 Å². The van der Waals surface area contributed by atoms with Crippen LogP contribution < -0.4 is 5.32 Å². The van der Waals surface area contributed by atoms with Gasteiger partial charge < -0.3 is 5.32 Å². The molecule has 1 rings (SSSR count). The van der Waals surface area contributed by atoms with Crippen molar-refractivity contribution in [3.63, 3.8) is 0 Å². The summed E-state index contributed by atoms with van der Waals surface area (Å²) in [5.41, 5.74) is 0. The summed E-state index contributed by atoms with van der Waals surface area (Å²) in [4.78, 5) is 1.02. The van der Waals surface area contributed by atoms with Crippen LogP contribution >= 0.6 is 11.3 Å². The molecule has 0 bridgehead atoms. The molecule has 106 valence electrons. The van der Waals surface area contributed by atoms with Gasteiger partial charge in [-0.2, -0.15) is 4.31 Å². The summed E-state index contributed by atoms with van der Waals surface area (Å²) in [6.45, 7) is 6.00. The van der Waals surface area contributed by atoms with Crippen LogP contribution in [-0.4, -0.2) is 32.4 Å². The minimum Gasteiger partial charge on any atom is -0.312 e. The highest BCUT2D eigenvalue weighted by Crippen LogP contribution is 2.24. The van der Waals surface area contributed by atoms with Crippen LogP contribution in [0.3, 0.4) is 0 Å². The summed E-state index contributed by atoms with van der Waals surface area (Å²) >= 11 is 1.30. The van der Waals surface area contributed by atoms with Crippen LogP contribution in [-0.2, 0) is 16.6 Å². The van der Waals surface area contributed by atoms with Crippen molar-refractivity contribution >= 4 is 21.4 Å². The van der Waals surface area contributed by atoms with Gasteiger partial charge in [0.05, 0.1) is 6.54 Å². The molecule has 0 aliphatic carbocycles. The quantitative estimate of drug-likeness (QED) is 0.589. The lowest BCUT2D eigenvalue weighted by Crippen LogP contribution is -2.30. The lowest BCUT2D eigenvalue weighted by molar-refractivity contribution is 0.466. The Morgan fingerprint density at radius 3 is 2.74 bits per heavy atom. The predicted molar refractivity (Wildman–Crippen MR) is 79.6 cm³/mol. The van der Waals surface area contributed by atoms with Crippen molar-refractivity contribution in [2.75, 3.05) is 19.6 Å². The number of hydrogen-bond donors (Lipinski definition) is 1. The Labute approximate surface area is 119 Å². The summed E-state index contributed by atoms with van der Waals surface area (Å²) in [6.07, 6.45) is 6.26. The molecule has 6 heteroatoms. The molecule has 1 heterocycles. The first-order valence-electron chi connectivity index (χ1n) is 6.29. The lowest BCUT2D eigenvalue weighted by atomic mass is 10.4. The smallest absolute Gasteiger partial charge is 0.253 e. The van der Waals surface area contributed by atoms with Crippen molar-refractivity contribution in [2.45, 2.75) is 31.0 Å². The van der Waals surface area contributed by atoms with Crippen molar-refractivity contribution in [3.8, 4) is 12.3 Å². The van der Waals surface area contributed by atoms with Gasteiger partial charge in [0.1, 0.15) is 4.21 Å². The summed E-state index contributed by atoms with van der Waals surface area (Å²) in [7, 11) is -3.44. The molecule has 0 spiro atoms. The van der Waals surface area contributed by atoms with Gasteiger partial charge >= 0.3 is 0 Å². The Morgan fingerprint density at radius 1 is 1.42 bits per heavy atom. The number of nitrogens with one attached hydrogen (secondary N) is 1.